The summed E-state index contributed by atoms with van der Waals surface area (Å²) in [7, 11) is 3.60. The van der Waals surface area contributed by atoms with Gasteiger partial charge in [-0.25, -0.2) is 0 Å². The number of pyridine rings is 1. The molecule has 0 aliphatic carbocycles. The Hall–Kier alpha value is -2.19. The van der Waals surface area contributed by atoms with E-state index in [4.69, 9.17) is 38.6 Å². The van der Waals surface area contributed by atoms with Gasteiger partial charge in [0.15, 0.2) is 0 Å². The largest absolute Gasteiger partial charge is 0.492 e. The number of likely N-dealkylation sites (N-methyl/N-ethyl adjacent to an activating group) is 1. The van der Waals surface area contributed by atoms with Crippen LogP contribution in [0.2, 0.25) is 0 Å². The number of aliphatic hydroxyl groups is 2. The summed E-state index contributed by atoms with van der Waals surface area (Å²) < 4.78 is 31.2. The molecule has 12 heteroatoms. The van der Waals surface area contributed by atoms with Crippen molar-refractivity contribution < 1.29 is 48.2 Å². The Kier molecular flexibility index (Phi) is 28.9. The lowest BCUT2D eigenvalue weighted by atomic mass is 10.2. The first-order chi connectivity index (χ1) is 20.1. The van der Waals surface area contributed by atoms with E-state index in [1.54, 1.807) is 19.2 Å². The number of esters is 1. The quantitative estimate of drug-likeness (QED) is 0.114. The molecule has 0 saturated heterocycles. The van der Waals surface area contributed by atoms with Crippen LogP contribution in [0.5, 0.6) is 5.75 Å². The zero-order valence-corrected chi connectivity index (χ0v) is 26.9. The molecule has 1 rings (SSSR count). The van der Waals surface area contributed by atoms with Crippen molar-refractivity contribution in [2.24, 2.45) is 0 Å². The Balaban J connectivity index is 0. The van der Waals surface area contributed by atoms with Gasteiger partial charge in [-0.05, 0) is 40.8 Å². The van der Waals surface area contributed by atoms with Gasteiger partial charge in [-0.15, -0.1) is 0 Å². The average Bonchev–Trinajstić information content (AvgIpc) is 2.96. The van der Waals surface area contributed by atoms with E-state index in [0.29, 0.717) is 89.4 Å². The van der Waals surface area contributed by atoms with E-state index in [9.17, 15) is 9.59 Å². The first-order valence-corrected chi connectivity index (χ1v) is 14.6. The fourth-order valence-corrected chi connectivity index (χ4v) is 3.00. The van der Waals surface area contributed by atoms with Crippen molar-refractivity contribution in [1.29, 1.82) is 0 Å². The van der Waals surface area contributed by atoms with Gasteiger partial charge in [0.1, 0.15) is 24.2 Å². The fraction of sp³-hybridized carbons (Fsp3) is 0.767. The lowest BCUT2D eigenvalue weighted by Gasteiger charge is -2.20. The highest BCUT2D eigenvalue weighted by molar-refractivity contribution is 5.69. The number of aliphatic hydroxyl groups excluding tert-OH is 2. The summed E-state index contributed by atoms with van der Waals surface area (Å²) >= 11 is 0. The van der Waals surface area contributed by atoms with Crippen LogP contribution in [0.4, 0.5) is 0 Å². The van der Waals surface area contributed by atoms with Crippen LogP contribution in [0.15, 0.2) is 12.1 Å². The van der Waals surface area contributed by atoms with Gasteiger partial charge in [-0.1, -0.05) is 13.8 Å². The second-order valence-corrected chi connectivity index (χ2v) is 9.73. The first-order valence-electron chi connectivity index (χ1n) is 14.6. The molecule has 0 fully saturated rings. The van der Waals surface area contributed by atoms with Crippen LogP contribution in [0.3, 0.4) is 0 Å². The van der Waals surface area contributed by atoms with Gasteiger partial charge in [-0.3, -0.25) is 9.78 Å². The number of ether oxygens (including phenoxy) is 6. The molecule has 0 radical (unpaired) electrons. The van der Waals surface area contributed by atoms with Crippen molar-refractivity contribution >= 4 is 12.3 Å². The fourth-order valence-electron chi connectivity index (χ4n) is 3.00. The third kappa shape index (κ3) is 28.0. The van der Waals surface area contributed by atoms with Gasteiger partial charge in [0.25, 0.3) is 0 Å². The Labute approximate surface area is 252 Å². The van der Waals surface area contributed by atoms with E-state index >= 15 is 0 Å². The molecule has 12 nitrogen and oxygen atoms in total. The molecule has 0 aromatic carbocycles. The van der Waals surface area contributed by atoms with E-state index in [1.165, 1.54) is 0 Å². The Morgan fingerprint density at radius 2 is 1.40 bits per heavy atom. The minimum Gasteiger partial charge on any atom is -0.492 e. The van der Waals surface area contributed by atoms with Gasteiger partial charge in [0, 0.05) is 38.6 Å². The monoisotopic (exact) mass is 604 g/mol. The van der Waals surface area contributed by atoms with Gasteiger partial charge in [0.2, 0.25) is 0 Å². The van der Waals surface area contributed by atoms with Crippen LogP contribution in [-0.2, 0) is 46.5 Å². The van der Waals surface area contributed by atoms with Gasteiger partial charge in [-0.2, -0.15) is 0 Å². The molecule has 0 atom stereocenters. The van der Waals surface area contributed by atoms with Crippen molar-refractivity contribution in [3.8, 4) is 5.75 Å². The Bertz CT molecular complexity index is 753. The standard InChI is InChI=1S/C18H30N2O5.C10H20O5.C2H6/c1-18(2,3)25-17(23)6-5-7-20(4)8-9-24-16-10-14(12-21)19-15(11-16)13-22;1-12-5-6-14-9-10-15-8-7-13-4-2-3-11;1-2/h10-11,21-22H,5-9,12-13H2,1-4H3;3H,2,4-10H2,1H3;1-2H3. The van der Waals surface area contributed by atoms with Crippen LogP contribution in [-0.4, -0.2) is 118 Å². The van der Waals surface area contributed by atoms with Crippen LogP contribution >= 0.6 is 0 Å². The van der Waals surface area contributed by atoms with Crippen LogP contribution in [0, 0.1) is 0 Å². The number of hydrogen-bond acceptors (Lipinski definition) is 12. The average molecular weight is 605 g/mol. The van der Waals surface area contributed by atoms with Crippen LogP contribution < -0.4 is 4.74 Å². The lowest BCUT2D eigenvalue weighted by molar-refractivity contribution is -0.155. The van der Waals surface area contributed by atoms with Crippen molar-refractivity contribution in [3.05, 3.63) is 23.5 Å². The molecule has 1 aromatic rings. The number of aromatic nitrogens is 1. The molecule has 0 saturated carbocycles. The Morgan fingerprint density at radius 1 is 0.881 bits per heavy atom. The molecule has 0 amide bonds. The van der Waals surface area contributed by atoms with E-state index in [0.717, 1.165) is 19.3 Å². The molecule has 1 heterocycles. The maximum Gasteiger partial charge on any atom is 0.306 e. The summed E-state index contributed by atoms with van der Waals surface area (Å²) in [6.07, 6.45) is 2.40. The topological polar surface area (TPSA) is 146 Å². The molecule has 1 aromatic heterocycles. The third-order valence-corrected chi connectivity index (χ3v) is 4.87. The maximum atomic E-state index is 11.6. The van der Waals surface area contributed by atoms with Crippen molar-refractivity contribution in [3.63, 3.8) is 0 Å². The molecule has 0 aliphatic rings. The van der Waals surface area contributed by atoms with Crippen molar-refractivity contribution in [2.75, 3.05) is 80.1 Å². The highest BCUT2D eigenvalue weighted by Crippen LogP contribution is 2.15. The zero-order chi connectivity index (χ0) is 32.1. The highest BCUT2D eigenvalue weighted by Gasteiger charge is 2.15. The number of rotatable bonds is 22. The predicted octanol–water partition coefficient (Wildman–Crippen LogP) is 2.80. The normalized spacial score (nSPS) is 10.8. The first kappa shape index (κ1) is 41.9. The summed E-state index contributed by atoms with van der Waals surface area (Å²) in [5, 5.41) is 18.3. The van der Waals surface area contributed by atoms with Gasteiger partial charge >= 0.3 is 5.97 Å². The molecular formula is C30H56N2O10. The predicted molar refractivity (Wildman–Crippen MR) is 161 cm³/mol. The summed E-state index contributed by atoms with van der Waals surface area (Å²) in [4.78, 5) is 27.7. The molecule has 0 bridgehead atoms. The van der Waals surface area contributed by atoms with Crippen molar-refractivity contribution in [1.82, 2.24) is 9.88 Å². The number of carbonyl (C=O) groups is 2. The second kappa shape index (κ2) is 28.9. The van der Waals surface area contributed by atoms with E-state index < -0.39 is 5.60 Å². The van der Waals surface area contributed by atoms with E-state index in [2.05, 4.69) is 9.88 Å². The molecule has 246 valence electrons. The molecule has 0 aliphatic heterocycles. The van der Waals surface area contributed by atoms with Crippen LogP contribution in [0.1, 0.15) is 65.3 Å². The molecule has 2 N–H and O–H groups in total. The molecule has 0 unspecified atom stereocenters. The minimum absolute atomic E-state index is 0.179. The van der Waals surface area contributed by atoms with Crippen LogP contribution in [0.25, 0.3) is 0 Å². The zero-order valence-electron chi connectivity index (χ0n) is 26.9. The minimum atomic E-state index is -0.442. The smallest absolute Gasteiger partial charge is 0.306 e. The number of nitrogens with zero attached hydrogens (tertiary/aromatic N) is 2. The number of hydrogen-bond donors (Lipinski definition) is 2. The van der Waals surface area contributed by atoms with Crippen molar-refractivity contribution in [2.45, 2.75) is 72.7 Å². The molecular weight excluding hydrogens is 548 g/mol. The summed E-state index contributed by atoms with van der Waals surface area (Å²) in [5.74, 6) is 0.396. The van der Waals surface area contributed by atoms with E-state index in [-0.39, 0.29) is 19.2 Å². The highest BCUT2D eigenvalue weighted by atomic mass is 16.6. The number of aldehydes is 1. The maximum absolute atomic E-state index is 11.6. The lowest BCUT2D eigenvalue weighted by Crippen LogP contribution is -2.27. The number of carbonyl (C=O) groups excluding carboxylic acids is 2. The third-order valence-electron chi connectivity index (χ3n) is 4.87. The SMILES string of the molecule is CC.CN(CCCC(=O)OC(C)(C)C)CCOc1cc(CO)nc(CO)c1.COCCOCCOCCOCCC=O. The number of methoxy groups -OCH3 is 1. The van der Waals surface area contributed by atoms with Gasteiger partial charge < -0.3 is 48.3 Å². The molecule has 0 spiro atoms. The summed E-state index contributed by atoms with van der Waals surface area (Å²) in [5.41, 5.74) is 0.488. The molecule has 42 heavy (non-hydrogen) atoms. The van der Waals surface area contributed by atoms with Gasteiger partial charge in [0.05, 0.1) is 70.8 Å². The Morgan fingerprint density at radius 3 is 1.88 bits per heavy atom. The summed E-state index contributed by atoms with van der Waals surface area (Å²) in [6.45, 7) is 14.9. The summed E-state index contributed by atoms with van der Waals surface area (Å²) in [6, 6.07) is 3.31. The second-order valence-electron chi connectivity index (χ2n) is 9.73. The van der Waals surface area contributed by atoms with E-state index in [1.807, 2.05) is 41.7 Å².